The van der Waals surface area contributed by atoms with Crippen molar-refractivity contribution in [3.05, 3.63) is 87.8 Å². The highest BCUT2D eigenvalue weighted by molar-refractivity contribution is 6.31. The van der Waals surface area contributed by atoms with E-state index in [9.17, 15) is 4.79 Å². The monoisotopic (exact) mass is 335 g/mol. The average molecular weight is 336 g/mol. The molecule has 4 nitrogen and oxygen atoms in total. The molecule has 118 valence electrons. The van der Waals surface area contributed by atoms with Crippen molar-refractivity contribution >= 4 is 22.6 Å². The highest BCUT2D eigenvalue weighted by Crippen LogP contribution is 2.26. The third-order valence-corrected chi connectivity index (χ3v) is 4.19. The Hall–Kier alpha value is -2.85. The largest absolute Gasteiger partial charge is 0.328 e. The maximum atomic E-state index is 12.2. The molecule has 5 heteroatoms. The fourth-order valence-corrected chi connectivity index (χ4v) is 3.00. The Labute approximate surface area is 143 Å². The topological polar surface area (TPSA) is 50.7 Å². The van der Waals surface area contributed by atoms with Crippen LogP contribution in [-0.4, -0.2) is 14.5 Å². The van der Waals surface area contributed by atoms with Crippen molar-refractivity contribution in [2.75, 3.05) is 0 Å². The second-order valence-electron chi connectivity index (χ2n) is 5.55. The fraction of sp³-hybridized carbons (Fsp3) is 0.0526. The van der Waals surface area contributed by atoms with Gasteiger partial charge in [0.2, 0.25) is 0 Å². The van der Waals surface area contributed by atoms with Gasteiger partial charge in [0.25, 0.3) is 5.56 Å². The molecule has 0 aliphatic rings. The molecule has 0 unspecified atom stereocenters. The van der Waals surface area contributed by atoms with Gasteiger partial charge in [-0.3, -0.25) is 4.79 Å². The number of aromatic amines is 1. The third kappa shape index (κ3) is 2.61. The van der Waals surface area contributed by atoms with Crippen molar-refractivity contribution in [3.63, 3.8) is 0 Å². The number of fused-ring (bicyclic) bond motifs is 1. The smallest absolute Gasteiger partial charge is 0.258 e. The van der Waals surface area contributed by atoms with E-state index in [-0.39, 0.29) is 5.56 Å². The summed E-state index contributed by atoms with van der Waals surface area (Å²) in [6, 6.07) is 19.3. The van der Waals surface area contributed by atoms with Crippen LogP contribution < -0.4 is 5.56 Å². The highest BCUT2D eigenvalue weighted by Gasteiger charge is 2.15. The van der Waals surface area contributed by atoms with Gasteiger partial charge >= 0.3 is 0 Å². The number of rotatable bonds is 3. The number of benzene rings is 2. The van der Waals surface area contributed by atoms with Gasteiger partial charge < -0.3 is 9.55 Å². The van der Waals surface area contributed by atoms with Crippen molar-refractivity contribution in [2.24, 2.45) is 0 Å². The zero-order valence-electron chi connectivity index (χ0n) is 12.7. The summed E-state index contributed by atoms with van der Waals surface area (Å²) in [5.41, 5.74) is 3.24. The molecule has 0 aliphatic heterocycles. The Bertz CT molecular complexity index is 1070. The summed E-state index contributed by atoms with van der Waals surface area (Å²) in [6.45, 7) is 0.628. The third-order valence-electron chi connectivity index (χ3n) is 3.95. The summed E-state index contributed by atoms with van der Waals surface area (Å²) < 4.78 is 2.05. The lowest BCUT2D eigenvalue weighted by Gasteiger charge is -2.09. The van der Waals surface area contributed by atoms with E-state index in [0.717, 1.165) is 16.6 Å². The first kappa shape index (κ1) is 14.7. The van der Waals surface area contributed by atoms with Gasteiger partial charge in [-0.1, -0.05) is 41.9 Å². The molecule has 0 atom stereocenters. The number of nitrogens with zero attached hydrogens (tertiary/aromatic N) is 2. The van der Waals surface area contributed by atoms with Gasteiger partial charge in [-0.05, 0) is 35.9 Å². The Morgan fingerprint density at radius 3 is 2.67 bits per heavy atom. The van der Waals surface area contributed by atoms with Crippen LogP contribution in [0.1, 0.15) is 5.56 Å². The Balaban J connectivity index is 1.97. The molecule has 0 saturated heterocycles. The molecular formula is C19H14ClN3O. The Kier molecular flexibility index (Phi) is 3.67. The lowest BCUT2D eigenvalue weighted by atomic mass is 10.2. The number of imidazole rings is 1. The summed E-state index contributed by atoms with van der Waals surface area (Å²) in [5, 5.41) is 0.625. The minimum Gasteiger partial charge on any atom is -0.328 e. The summed E-state index contributed by atoms with van der Waals surface area (Å²) in [6.07, 6.45) is 1.62. The second kappa shape index (κ2) is 5.98. The Morgan fingerprint density at radius 2 is 1.88 bits per heavy atom. The lowest BCUT2D eigenvalue weighted by molar-refractivity contribution is 0.832. The Morgan fingerprint density at radius 1 is 1.04 bits per heavy atom. The molecule has 0 bridgehead atoms. The van der Waals surface area contributed by atoms with Crippen LogP contribution in [0.5, 0.6) is 0 Å². The van der Waals surface area contributed by atoms with E-state index < -0.39 is 0 Å². The van der Waals surface area contributed by atoms with Crippen molar-refractivity contribution in [2.45, 2.75) is 6.54 Å². The summed E-state index contributed by atoms with van der Waals surface area (Å²) in [4.78, 5) is 19.6. The van der Waals surface area contributed by atoms with E-state index >= 15 is 0 Å². The molecule has 0 aliphatic carbocycles. The first-order valence-corrected chi connectivity index (χ1v) is 7.98. The van der Waals surface area contributed by atoms with Gasteiger partial charge in [0.05, 0.1) is 16.6 Å². The van der Waals surface area contributed by atoms with Crippen molar-refractivity contribution in [1.29, 1.82) is 0 Å². The van der Waals surface area contributed by atoms with Gasteiger partial charge in [0, 0.05) is 17.8 Å². The molecular weight excluding hydrogens is 322 g/mol. The van der Waals surface area contributed by atoms with Crippen LogP contribution in [0.15, 0.2) is 71.7 Å². The molecule has 24 heavy (non-hydrogen) atoms. The lowest BCUT2D eigenvalue weighted by Crippen LogP contribution is -2.11. The van der Waals surface area contributed by atoms with E-state index in [1.54, 1.807) is 18.3 Å². The first-order chi connectivity index (χ1) is 11.7. The average Bonchev–Trinajstić information content (AvgIpc) is 2.93. The van der Waals surface area contributed by atoms with Gasteiger partial charge in [-0.2, -0.15) is 0 Å². The molecule has 2 aromatic heterocycles. The molecule has 0 spiro atoms. The van der Waals surface area contributed by atoms with Gasteiger partial charge in [0.1, 0.15) is 5.82 Å². The number of aromatic nitrogens is 3. The normalized spacial score (nSPS) is 11.0. The molecule has 0 saturated carbocycles. The number of halogens is 1. The molecule has 0 amide bonds. The van der Waals surface area contributed by atoms with Crippen molar-refractivity contribution in [3.8, 4) is 11.4 Å². The van der Waals surface area contributed by atoms with Crippen LogP contribution in [0.2, 0.25) is 5.02 Å². The molecule has 4 aromatic rings. The van der Waals surface area contributed by atoms with Crippen LogP contribution >= 0.6 is 11.6 Å². The standard InChI is InChI=1S/C19H14ClN3O/c20-14-8-9-17-16(11-14)22-18(15-7-4-10-21-19(15)24)23(17)12-13-5-2-1-3-6-13/h1-11H,12H2,(H,21,24). The molecule has 0 fully saturated rings. The number of hydrogen-bond donors (Lipinski definition) is 1. The number of nitrogens with one attached hydrogen (secondary N) is 1. The van der Waals surface area contributed by atoms with E-state index in [1.807, 2.05) is 41.0 Å². The molecule has 4 rings (SSSR count). The maximum absolute atomic E-state index is 12.2. The van der Waals surface area contributed by atoms with Crippen LogP contribution in [0, 0.1) is 0 Å². The molecule has 2 aromatic carbocycles. The number of pyridine rings is 1. The van der Waals surface area contributed by atoms with E-state index in [2.05, 4.69) is 22.1 Å². The van der Waals surface area contributed by atoms with E-state index in [4.69, 9.17) is 11.6 Å². The SMILES string of the molecule is O=c1[nH]cccc1-c1nc2cc(Cl)ccc2n1Cc1ccccc1. The van der Waals surface area contributed by atoms with Gasteiger partial charge in [-0.15, -0.1) is 0 Å². The quantitative estimate of drug-likeness (QED) is 0.613. The van der Waals surface area contributed by atoms with Gasteiger partial charge in [-0.25, -0.2) is 4.98 Å². The highest BCUT2D eigenvalue weighted by atomic mass is 35.5. The predicted molar refractivity (Wildman–Crippen MR) is 96.3 cm³/mol. The maximum Gasteiger partial charge on any atom is 0.258 e. The predicted octanol–water partition coefficient (Wildman–Crippen LogP) is 4.09. The van der Waals surface area contributed by atoms with E-state index in [0.29, 0.717) is 23.0 Å². The zero-order valence-corrected chi connectivity index (χ0v) is 13.5. The van der Waals surface area contributed by atoms with Crippen molar-refractivity contribution < 1.29 is 0 Å². The second-order valence-corrected chi connectivity index (χ2v) is 5.99. The summed E-state index contributed by atoms with van der Waals surface area (Å²) >= 11 is 6.10. The molecule has 0 radical (unpaired) electrons. The van der Waals surface area contributed by atoms with E-state index in [1.165, 1.54) is 0 Å². The molecule has 1 N–H and O–H groups in total. The van der Waals surface area contributed by atoms with Crippen LogP contribution in [-0.2, 0) is 6.54 Å². The van der Waals surface area contributed by atoms with Crippen LogP contribution in [0.4, 0.5) is 0 Å². The van der Waals surface area contributed by atoms with Crippen LogP contribution in [0.3, 0.4) is 0 Å². The summed E-state index contributed by atoms with van der Waals surface area (Å²) in [5.74, 6) is 0.637. The van der Waals surface area contributed by atoms with Crippen molar-refractivity contribution in [1.82, 2.24) is 14.5 Å². The number of hydrogen-bond acceptors (Lipinski definition) is 2. The van der Waals surface area contributed by atoms with Crippen LogP contribution in [0.25, 0.3) is 22.4 Å². The minimum atomic E-state index is -0.159. The zero-order chi connectivity index (χ0) is 16.5. The fourth-order valence-electron chi connectivity index (χ4n) is 2.83. The minimum absolute atomic E-state index is 0.159. The summed E-state index contributed by atoms with van der Waals surface area (Å²) in [7, 11) is 0. The molecule has 2 heterocycles. The van der Waals surface area contributed by atoms with Gasteiger partial charge in [0.15, 0.2) is 0 Å². The number of H-pyrrole nitrogens is 1. The first-order valence-electron chi connectivity index (χ1n) is 7.60.